The molecule has 1 aliphatic rings. The maximum Gasteiger partial charge on any atom is 0.410 e. The largest absolute Gasteiger partial charge is 0.454 e. The van der Waals surface area contributed by atoms with Gasteiger partial charge in [0, 0.05) is 0 Å². The van der Waals surface area contributed by atoms with Crippen molar-refractivity contribution < 1.29 is 28.6 Å². The maximum absolute atomic E-state index is 13.4. The molecule has 1 aliphatic heterocycles. The predicted molar refractivity (Wildman–Crippen MR) is 162 cm³/mol. The average molecular weight is 576 g/mol. The number of rotatable bonds is 7. The number of hydrogen-bond donors (Lipinski definition) is 1. The van der Waals surface area contributed by atoms with Crippen LogP contribution >= 0.6 is 0 Å². The van der Waals surface area contributed by atoms with Gasteiger partial charge in [0.05, 0.1) is 24.8 Å². The number of aliphatic hydroxyl groups excluding tert-OH is 1. The summed E-state index contributed by atoms with van der Waals surface area (Å²) < 4.78 is 18.7. The van der Waals surface area contributed by atoms with Crippen molar-refractivity contribution in [2.75, 3.05) is 13.2 Å². The zero-order valence-corrected chi connectivity index (χ0v) is 25.7. The molecule has 0 radical (unpaired) electrons. The molecule has 4 rings (SSSR count). The van der Waals surface area contributed by atoms with Crippen molar-refractivity contribution in [3.8, 4) is 0 Å². The van der Waals surface area contributed by atoms with E-state index in [0.29, 0.717) is 5.56 Å². The first-order chi connectivity index (χ1) is 19.3. The molecular weight excluding hydrogens is 534 g/mol. The van der Waals surface area contributed by atoms with E-state index >= 15 is 0 Å². The lowest BCUT2D eigenvalue weighted by molar-refractivity contribution is -0.0207. The second-order valence-electron chi connectivity index (χ2n) is 12.5. The highest BCUT2D eigenvalue weighted by Crippen LogP contribution is 2.38. The number of esters is 1. The number of likely N-dealkylation sites (tertiary alicyclic amines) is 1. The molecular formula is C33H41NO6Si. The number of carbonyl (C=O) groups is 2. The fourth-order valence-electron chi connectivity index (χ4n) is 5.48. The van der Waals surface area contributed by atoms with E-state index in [1.54, 1.807) is 45.0 Å². The standard InChI is InChI=1S/C33H41NO6Si/c1-32(2,3)40-31(37)34-22-28(35)29(39-30(36)24-16-10-7-11-17-24)27(34)23-38-41(33(4,5)6,25-18-12-8-13-19-25)26-20-14-9-15-21-26/h7-21,27-29,35H,22-23H2,1-6H3/t27-,28+,29-/m1/s1. The molecule has 0 bridgehead atoms. The third kappa shape index (κ3) is 6.72. The average Bonchev–Trinajstić information content (AvgIpc) is 3.24. The smallest absolute Gasteiger partial charge is 0.410 e. The number of carbonyl (C=O) groups excluding carboxylic acids is 2. The monoisotopic (exact) mass is 575 g/mol. The van der Waals surface area contributed by atoms with Gasteiger partial charge in [-0.1, -0.05) is 99.6 Å². The molecule has 1 N–H and O–H groups in total. The van der Waals surface area contributed by atoms with Crippen molar-refractivity contribution in [1.29, 1.82) is 0 Å². The highest BCUT2D eigenvalue weighted by Gasteiger charge is 2.53. The summed E-state index contributed by atoms with van der Waals surface area (Å²) in [5, 5.41) is 13.0. The van der Waals surface area contributed by atoms with Crippen LogP contribution in [-0.4, -0.2) is 67.4 Å². The minimum atomic E-state index is -2.98. The summed E-state index contributed by atoms with van der Waals surface area (Å²) in [5.74, 6) is -0.573. The molecule has 0 spiro atoms. The molecule has 8 heteroatoms. The van der Waals surface area contributed by atoms with Gasteiger partial charge in [-0.25, -0.2) is 9.59 Å². The Kier molecular flexibility index (Phi) is 9.06. The van der Waals surface area contributed by atoms with E-state index in [1.165, 1.54) is 4.90 Å². The minimum absolute atomic E-state index is 0.0380. The van der Waals surface area contributed by atoms with Gasteiger partial charge in [0.1, 0.15) is 11.7 Å². The first kappa shape index (κ1) is 30.5. The molecule has 1 amide bonds. The minimum Gasteiger partial charge on any atom is -0.454 e. The lowest BCUT2D eigenvalue weighted by Gasteiger charge is -2.44. The van der Waals surface area contributed by atoms with Crippen molar-refractivity contribution in [2.45, 2.75) is 70.4 Å². The first-order valence-electron chi connectivity index (χ1n) is 14.0. The number of ether oxygens (including phenoxy) is 2. The van der Waals surface area contributed by atoms with E-state index in [-0.39, 0.29) is 18.2 Å². The molecule has 1 fully saturated rings. The van der Waals surface area contributed by atoms with E-state index in [4.69, 9.17) is 13.9 Å². The van der Waals surface area contributed by atoms with Gasteiger partial charge in [0.2, 0.25) is 0 Å². The lowest BCUT2D eigenvalue weighted by Crippen LogP contribution is -2.67. The lowest BCUT2D eigenvalue weighted by atomic mass is 10.1. The van der Waals surface area contributed by atoms with Gasteiger partial charge >= 0.3 is 12.1 Å². The molecule has 0 aliphatic carbocycles. The van der Waals surface area contributed by atoms with Crippen molar-refractivity contribution in [3.63, 3.8) is 0 Å². The second kappa shape index (κ2) is 12.2. The molecule has 7 nitrogen and oxygen atoms in total. The SMILES string of the molecule is CC(C)(C)OC(=O)N1C[C@H](O)[C@H](OC(=O)c2ccccc2)[C@H]1CO[Si](c1ccccc1)(c1ccccc1)C(C)(C)C. The van der Waals surface area contributed by atoms with E-state index < -0.39 is 44.2 Å². The fourth-order valence-corrected chi connectivity index (χ4v) is 10.1. The zero-order chi connectivity index (χ0) is 29.8. The predicted octanol–water partition coefficient (Wildman–Crippen LogP) is 4.77. The molecule has 3 atom stereocenters. The number of aliphatic hydroxyl groups is 1. The molecule has 41 heavy (non-hydrogen) atoms. The second-order valence-corrected chi connectivity index (χ2v) is 16.8. The van der Waals surface area contributed by atoms with Gasteiger partial charge < -0.3 is 19.0 Å². The Bertz CT molecular complexity index is 1260. The van der Waals surface area contributed by atoms with Crippen LogP contribution in [0.25, 0.3) is 0 Å². The summed E-state index contributed by atoms with van der Waals surface area (Å²) >= 11 is 0. The molecule has 3 aromatic carbocycles. The van der Waals surface area contributed by atoms with Gasteiger partial charge in [-0.3, -0.25) is 4.90 Å². The normalized spacial score (nSPS) is 19.6. The molecule has 0 aromatic heterocycles. The van der Waals surface area contributed by atoms with Gasteiger partial charge in [-0.05, 0) is 48.3 Å². The topological polar surface area (TPSA) is 85.3 Å². The zero-order valence-electron chi connectivity index (χ0n) is 24.7. The van der Waals surface area contributed by atoms with Crippen LogP contribution in [0, 0.1) is 0 Å². The van der Waals surface area contributed by atoms with Gasteiger partial charge in [-0.2, -0.15) is 0 Å². The van der Waals surface area contributed by atoms with Crippen molar-refractivity contribution in [1.82, 2.24) is 4.90 Å². The fraction of sp³-hybridized carbons (Fsp3) is 0.394. The van der Waals surface area contributed by atoms with Crippen molar-refractivity contribution in [2.24, 2.45) is 0 Å². The van der Waals surface area contributed by atoms with Crippen LogP contribution in [0.5, 0.6) is 0 Å². The van der Waals surface area contributed by atoms with Crippen molar-refractivity contribution in [3.05, 3.63) is 96.6 Å². The Morgan fingerprint density at radius 1 is 0.829 bits per heavy atom. The Labute approximate surface area is 244 Å². The summed E-state index contributed by atoms with van der Waals surface area (Å²) in [6, 6.07) is 28.2. The van der Waals surface area contributed by atoms with E-state index in [2.05, 4.69) is 45.0 Å². The van der Waals surface area contributed by atoms with Crippen LogP contribution in [0.3, 0.4) is 0 Å². The first-order valence-corrected chi connectivity index (χ1v) is 15.9. The molecule has 3 aromatic rings. The Morgan fingerprint density at radius 2 is 1.32 bits per heavy atom. The van der Waals surface area contributed by atoms with Gasteiger partial charge in [0.25, 0.3) is 8.32 Å². The summed E-state index contributed by atoms with van der Waals surface area (Å²) in [6.45, 7) is 11.9. The van der Waals surface area contributed by atoms with Gasteiger partial charge in [-0.15, -0.1) is 0 Å². The third-order valence-electron chi connectivity index (χ3n) is 7.31. The molecule has 218 valence electrons. The molecule has 1 saturated heterocycles. The van der Waals surface area contributed by atoms with E-state index in [1.807, 2.05) is 42.5 Å². The van der Waals surface area contributed by atoms with Crippen LogP contribution in [-0.2, 0) is 13.9 Å². The number of hydrogen-bond acceptors (Lipinski definition) is 6. The van der Waals surface area contributed by atoms with E-state index in [9.17, 15) is 14.7 Å². The highest BCUT2D eigenvalue weighted by atomic mass is 28.4. The van der Waals surface area contributed by atoms with Crippen LogP contribution in [0.1, 0.15) is 51.9 Å². The number of benzene rings is 3. The Balaban J connectivity index is 1.75. The van der Waals surface area contributed by atoms with Crippen molar-refractivity contribution >= 4 is 30.8 Å². The van der Waals surface area contributed by atoms with Crippen LogP contribution < -0.4 is 10.4 Å². The quantitative estimate of drug-likeness (QED) is 0.323. The summed E-state index contributed by atoms with van der Waals surface area (Å²) in [6.07, 6.45) is -2.71. The van der Waals surface area contributed by atoms with Crippen LogP contribution in [0.2, 0.25) is 5.04 Å². The van der Waals surface area contributed by atoms with Gasteiger partial charge in [0.15, 0.2) is 6.10 Å². The molecule has 0 unspecified atom stereocenters. The number of β-amino-alcohol motifs (C(OH)–C–C–N with tert-alkyl or cyclic N) is 1. The molecule has 0 saturated carbocycles. The third-order valence-corrected chi connectivity index (χ3v) is 12.3. The number of amides is 1. The Hall–Kier alpha value is -3.46. The maximum atomic E-state index is 13.4. The molecule has 1 heterocycles. The summed E-state index contributed by atoms with van der Waals surface area (Å²) in [5.41, 5.74) is -0.383. The number of nitrogens with zero attached hydrogens (tertiary/aromatic N) is 1. The van der Waals surface area contributed by atoms with Crippen LogP contribution in [0.15, 0.2) is 91.0 Å². The van der Waals surface area contributed by atoms with E-state index in [0.717, 1.165) is 10.4 Å². The Morgan fingerprint density at radius 3 is 1.78 bits per heavy atom. The summed E-state index contributed by atoms with van der Waals surface area (Å²) in [4.78, 5) is 27.9. The highest BCUT2D eigenvalue weighted by molar-refractivity contribution is 6.99. The van der Waals surface area contributed by atoms with Crippen LogP contribution in [0.4, 0.5) is 4.79 Å². The summed E-state index contributed by atoms with van der Waals surface area (Å²) in [7, 11) is -2.98.